The molecule has 0 saturated carbocycles. The number of hydrogen-bond acceptors (Lipinski definition) is 5. The zero-order chi connectivity index (χ0) is 20.3. The predicted molar refractivity (Wildman–Crippen MR) is 113 cm³/mol. The van der Waals surface area contributed by atoms with Crippen LogP contribution in [0.15, 0.2) is 41.3 Å². The third-order valence-electron chi connectivity index (χ3n) is 3.81. The lowest BCUT2D eigenvalue weighted by molar-refractivity contribution is -0.123. The Kier molecular flexibility index (Phi) is 6.78. The summed E-state index contributed by atoms with van der Waals surface area (Å²) in [6.07, 6.45) is 1.57. The number of imide groups is 1. The number of ether oxygens (including phenoxy) is 2. The molecule has 2 aromatic rings. The number of methoxy groups -OCH3 is 1. The van der Waals surface area contributed by atoms with Crippen LogP contribution in [0.25, 0.3) is 6.08 Å². The zero-order valence-electron chi connectivity index (χ0n) is 14.6. The molecule has 1 heterocycles. The Morgan fingerprint density at radius 3 is 2.39 bits per heavy atom. The summed E-state index contributed by atoms with van der Waals surface area (Å²) in [6.45, 7) is 0.243. The van der Waals surface area contributed by atoms with Crippen LogP contribution in [0, 0.1) is 0 Å². The van der Waals surface area contributed by atoms with Crippen LogP contribution in [0.3, 0.4) is 0 Å². The van der Waals surface area contributed by atoms with Gasteiger partial charge < -0.3 is 9.47 Å². The number of benzene rings is 2. The van der Waals surface area contributed by atoms with Crippen molar-refractivity contribution in [2.45, 2.75) is 0 Å². The fourth-order valence-electron chi connectivity index (χ4n) is 2.51. The molecule has 0 unspecified atom stereocenters. The van der Waals surface area contributed by atoms with Crippen molar-refractivity contribution in [2.24, 2.45) is 0 Å². The van der Waals surface area contributed by atoms with Gasteiger partial charge in [-0.25, -0.2) is 0 Å². The molecule has 0 radical (unpaired) electrons. The van der Waals surface area contributed by atoms with Crippen molar-refractivity contribution in [1.29, 1.82) is 0 Å². The van der Waals surface area contributed by atoms with E-state index in [0.717, 1.165) is 16.7 Å². The number of thioether (sulfide) groups is 1. The minimum atomic E-state index is -0.402. The van der Waals surface area contributed by atoms with Crippen LogP contribution in [-0.4, -0.2) is 36.3 Å². The number of nitrogens with zero attached hydrogens (tertiary/aromatic N) is 1. The Balaban J connectivity index is 1.69. The number of carbonyl (C=O) groups excluding carboxylic acids is 2. The van der Waals surface area contributed by atoms with Crippen LogP contribution < -0.4 is 9.47 Å². The molecule has 1 saturated heterocycles. The fourth-order valence-corrected chi connectivity index (χ4v) is 4.22. The maximum absolute atomic E-state index is 12.6. The van der Waals surface area contributed by atoms with Crippen molar-refractivity contribution in [3.05, 3.63) is 61.9 Å². The predicted octanol–water partition coefficient (Wildman–Crippen LogP) is 5.77. The average molecular weight is 459 g/mol. The molecule has 1 aliphatic heterocycles. The van der Waals surface area contributed by atoms with Gasteiger partial charge in [0.05, 0.1) is 33.6 Å². The smallest absolute Gasteiger partial charge is 0.293 e. The van der Waals surface area contributed by atoms with Gasteiger partial charge >= 0.3 is 0 Å². The number of rotatable bonds is 6. The lowest BCUT2D eigenvalue weighted by Crippen LogP contribution is -2.32. The van der Waals surface area contributed by atoms with Crippen molar-refractivity contribution in [1.82, 2.24) is 4.90 Å². The molecule has 0 aliphatic carbocycles. The SMILES string of the molecule is COc1c(Cl)cc(/C=C2\SC(=O)N(CCOc3ccccc3Cl)C2=O)cc1Cl. The highest BCUT2D eigenvalue weighted by Gasteiger charge is 2.34. The summed E-state index contributed by atoms with van der Waals surface area (Å²) >= 11 is 19.1. The second-order valence-electron chi connectivity index (χ2n) is 5.63. The Morgan fingerprint density at radius 2 is 1.75 bits per heavy atom. The maximum Gasteiger partial charge on any atom is 0.293 e. The summed E-state index contributed by atoms with van der Waals surface area (Å²) in [4.78, 5) is 26.2. The number of halogens is 3. The van der Waals surface area contributed by atoms with Crippen LogP contribution in [0.1, 0.15) is 5.56 Å². The molecule has 0 atom stereocenters. The topological polar surface area (TPSA) is 55.8 Å². The van der Waals surface area contributed by atoms with E-state index in [9.17, 15) is 9.59 Å². The van der Waals surface area contributed by atoms with E-state index in [1.54, 1.807) is 42.5 Å². The maximum atomic E-state index is 12.6. The fraction of sp³-hybridized carbons (Fsp3) is 0.158. The van der Waals surface area contributed by atoms with Crippen molar-refractivity contribution in [3.63, 3.8) is 0 Å². The second kappa shape index (κ2) is 9.09. The normalized spacial score (nSPS) is 15.4. The van der Waals surface area contributed by atoms with E-state index in [4.69, 9.17) is 44.3 Å². The Morgan fingerprint density at radius 1 is 1.07 bits per heavy atom. The van der Waals surface area contributed by atoms with Gasteiger partial charge in [0, 0.05) is 0 Å². The first kappa shape index (κ1) is 20.9. The van der Waals surface area contributed by atoms with E-state index in [1.165, 1.54) is 7.11 Å². The first-order valence-corrected chi connectivity index (χ1v) is 10.0. The summed E-state index contributed by atoms with van der Waals surface area (Å²) in [7, 11) is 1.46. The van der Waals surface area contributed by atoms with Gasteiger partial charge in [-0.15, -0.1) is 0 Å². The second-order valence-corrected chi connectivity index (χ2v) is 7.84. The number of carbonyl (C=O) groups is 2. The molecule has 0 aromatic heterocycles. The van der Waals surface area contributed by atoms with Crippen molar-refractivity contribution in [2.75, 3.05) is 20.3 Å². The summed E-state index contributed by atoms with van der Waals surface area (Å²) in [5.74, 6) is 0.445. The molecule has 2 aromatic carbocycles. The molecular formula is C19H14Cl3NO4S. The van der Waals surface area contributed by atoms with E-state index in [1.807, 2.05) is 0 Å². The molecule has 2 amide bonds. The highest BCUT2D eigenvalue weighted by molar-refractivity contribution is 8.18. The monoisotopic (exact) mass is 457 g/mol. The molecular weight excluding hydrogens is 445 g/mol. The molecule has 0 bridgehead atoms. The highest BCUT2D eigenvalue weighted by Crippen LogP contribution is 2.37. The molecule has 146 valence electrons. The molecule has 1 fully saturated rings. The quantitative estimate of drug-likeness (QED) is 0.514. The standard InChI is InChI=1S/C19H14Cl3NO4S/c1-26-17-13(21)8-11(9-14(17)22)10-16-18(24)23(19(25)28-16)6-7-27-15-5-3-2-4-12(15)20/h2-5,8-10H,6-7H2,1H3/b16-10-. The zero-order valence-corrected chi connectivity index (χ0v) is 17.7. The minimum Gasteiger partial charge on any atom is -0.494 e. The third-order valence-corrected chi connectivity index (χ3v) is 5.59. The summed E-state index contributed by atoms with van der Waals surface area (Å²) in [6, 6.07) is 10.2. The lowest BCUT2D eigenvalue weighted by atomic mass is 10.2. The van der Waals surface area contributed by atoms with E-state index in [0.29, 0.717) is 32.1 Å². The van der Waals surface area contributed by atoms with Crippen molar-refractivity contribution in [3.8, 4) is 11.5 Å². The van der Waals surface area contributed by atoms with E-state index in [-0.39, 0.29) is 23.3 Å². The van der Waals surface area contributed by atoms with E-state index in [2.05, 4.69) is 0 Å². The first-order valence-electron chi connectivity index (χ1n) is 8.06. The van der Waals surface area contributed by atoms with Crippen molar-refractivity contribution >= 4 is 63.8 Å². The van der Waals surface area contributed by atoms with Gasteiger partial charge in [0.15, 0.2) is 5.75 Å². The molecule has 0 N–H and O–H groups in total. The van der Waals surface area contributed by atoms with Crippen LogP contribution >= 0.6 is 46.6 Å². The lowest BCUT2D eigenvalue weighted by Gasteiger charge is -2.13. The van der Waals surface area contributed by atoms with Gasteiger partial charge in [-0.05, 0) is 47.7 Å². The molecule has 9 heteroatoms. The molecule has 0 spiro atoms. The van der Waals surface area contributed by atoms with Gasteiger partial charge in [0.1, 0.15) is 12.4 Å². The highest BCUT2D eigenvalue weighted by atomic mass is 35.5. The summed E-state index contributed by atoms with van der Waals surface area (Å²) in [5.41, 5.74) is 0.591. The molecule has 28 heavy (non-hydrogen) atoms. The van der Waals surface area contributed by atoms with Gasteiger partial charge in [-0.2, -0.15) is 0 Å². The van der Waals surface area contributed by atoms with Crippen LogP contribution in [0.2, 0.25) is 15.1 Å². The summed E-state index contributed by atoms with van der Waals surface area (Å²) in [5, 5.41) is 0.719. The Bertz CT molecular complexity index is 941. The van der Waals surface area contributed by atoms with Gasteiger partial charge in [0.25, 0.3) is 11.1 Å². The van der Waals surface area contributed by atoms with Crippen LogP contribution in [0.4, 0.5) is 4.79 Å². The number of amides is 2. The third kappa shape index (κ3) is 4.58. The molecule has 5 nitrogen and oxygen atoms in total. The first-order chi connectivity index (χ1) is 13.4. The van der Waals surface area contributed by atoms with Crippen LogP contribution in [0.5, 0.6) is 11.5 Å². The minimum absolute atomic E-state index is 0.108. The molecule has 3 rings (SSSR count). The van der Waals surface area contributed by atoms with E-state index < -0.39 is 5.91 Å². The Hall–Kier alpha value is -1.86. The van der Waals surface area contributed by atoms with Gasteiger partial charge in [-0.1, -0.05) is 46.9 Å². The molecule has 1 aliphatic rings. The van der Waals surface area contributed by atoms with Gasteiger partial charge in [-0.3, -0.25) is 14.5 Å². The largest absolute Gasteiger partial charge is 0.494 e. The van der Waals surface area contributed by atoms with Crippen LogP contribution in [-0.2, 0) is 4.79 Å². The van der Waals surface area contributed by atoms with Gasteiger partial charge in [0.2, 0.25) is 0 Å². The number of para-hydroxylation sites is 1. The average Bonchev–Trinajstić information content (AvgIpc) is 2.90. The van der Waals surface area contributed by atoms with Crippen molar-refractivity contribution < 1.29 is 19.1 Å². The van der Waals surface area contributed by atoms with E-state index >= 15 is 0 Å². The Labute approximate surface area is 181 Å². The number of hydrogen-bond donors (Lipinski definition) is 0. The summed E-state index contributed by atoms with van der Waals surface area (Å²) < 4.78 is 10.7.